The van der Waals surface area contributed by atoms with Crippen LogP contribution in [0.1, 0.15) is 75.1 Å². The fourth-order valence-corrected chi connectivity index (χ4v) is 5.10. The van der Waals surface area contributed by atoms with Gasteiger partial charge < -0.3 is 25.1 Å². The highest BCUT2D eigenvalue weighted by atomic mass is 16.5. The third-order valence-corrected chi connectivity index (χ3v) is 7.64. The van der Waals surface area contributed by atoms with Crippen LogP contribution in [0.25, 0.3) is 6.08 Å². The number of hydrogen-bond acceptors (Lipinski definition) is 8. The molecule has 2 amide bonds. The molecule has 244 valence electrons. The third-order valence-electron chi connectivity index (χ3n) is 7.64. The van der Waals surface area contributed by atoms with Crippen LogP contribution in [-0.2, 0) is 39.1 Å². The van der Waals surface area contributed by atoms with Gasteiger partial charge in [-0.3, -0.25) is 14.5 Å². The summed E-state index contributed by atoms with van der Waals surface area (Å²) in [6.07, 6.45) is 8.08. The Morgan fingerprint density at radius 1 is 1.04 bits per heavy atom. The maximum atomic E-state index is 13.7. The van der Waals surface area contributed by atoms with E-state index in [2.05, 4.69) is 22.2 Å². The van der Waals surface area contributed by atoms with Crippen molar-refractivity contribution < 1.29 is 23.9 Å². The molecule has 0 unspecified atom stereocenters. The lowest BCUT2D eigenvalue weighted by atomic mass is 9.98. The van der Waals surface area contributed by atoms with Crippen LogP contribution in [0.2, 0.25) is 0 Å². The number of ether oxygens (including phenoxy) is 2. The number of nitrogens with zero attached hydrogens (tertiary/aromatic N) is 5. The van der Waals surface area contributed by atoms with E-state index in [0.717, 1.165) is 48.6 Å². The zero-order chi connectivity index (χ0) is 32.9. The number of anilines is 2. The van der Waals surface area contributed by atoms with E-state index in [-0.39, 0.29) is 37.3 Å². The molecule has 2 aromatic heterocycles. The van der Waals surface area contributed by atoms with Gasteiger partial charge in [-0.25, -0.2) is 14.8 Å². The Labute approximate surface area is 269 Å². The van der Waals surface area contributed by atoms with Crippen molar-refractivity contribution in [2.24, 2.45) is 17.8 Å². The van der Waals surface area contributed by atoms with Crippen molar-refractivity contribution in [1.82, 2.24) is 14.5 Å². The number of unbranched alkanes of at least 4 members (excludes halogenated alkanes) is 3. The number of esters is 1. The Bertz CT molecular complexity index is 1550. The van der Waals surface area contributed by atoms with Gasteiger partial charge in [-0.15, -0.1) is 0 Å². The molecule has 0 radical (unpaired) electrons. The lowest BCUT2D eigenvalue weighted by Gasteiger charge is -2.24. The van der Waals surface area contributed by atoms with E-state index in [1.165, 1.54) is 4.90 Å². The summed E-state index contributed by atoms with van der Waals surface area (Å²) in [5.41, 5.74) is 9.88. The number of fused-ring (bicyclic) bond motifs is 1. The number of nitrogens with one attached hydrogen (secondary N) is 1. The standard InChI is InChI=1S/C34H43N7O5/c1-4-6-7-10-21-46-34(44)39-32(35)24-12-15-26(16-13-24)37-23-30-38-27-22-25(14-17-28(27)40(30)3)33(43)41(20-18-31(42)45-5-2)29-11-8-9-19-36-29/h8-9,11-13,15-16,19,22,37H,4-7,10,14,17-18,20-21,23H2,1-3H3,(H2,35,39,44). The van der Waals surface area contributed by atoms with E-state index in [1.807, 2.05) is 35.9 Å². The molecule has 1 aliphatic carbocycles. The Morgan fingerprint density at radius 3 is 2.57 bits per heavy atom. The summed E-state index contributed by atoms with van der Waals surface area (Å²) < 4.78 is 12.3. The molecule has 12 nitrogen and oxygen atoms in total. The lowest BCUT2D eigenvalue weighted by molar-refractivity contribution is -0.142. The number of aromatic nitrogens is 3. The van der Waals surface area contributed by atoms with Crippen LogP contribution >= 0.6 is 0 Å². The van der Waals surface area contributed by atoms with Gasteiger partial charge >= 0.3 is 12.1 Å². The second kappa shape index (κ2) is 16.9. The molecule has 0 spiro atoms. The molecule has 0 saturated heterocycles. The van der Waals surface area contributed by atoms with E-state index in [0.29, 0.717) is 42.9 Å². The molecule has 2 heterocycles. The first-order valence-corrected chi connectivity index (χ1v) is 15.8. The van der Waals surface area contributed by atoms with Gasteiger partial charge in [0.25, 0.3) is 5.91 Å². The van der Waals surface area contributed by atoms with Crippen molar-refractivity contribution in [2.45, 2.75) is 65.3 Å². The van der Waals surface area contributed by atoms with Gasteiger partial charge in [-0.2, -0.15) is 4.99 Å². The second-order valence-corrected chi connectivity index (χ2v) is 10.9. The predicted octanol–water partition coefficient (Wildman–Crippen LogP) is 5.17. The average molecular weight is 630 g/mol. The van der Waals surface area contributed by atoms with Crippen LogP contribution in [-0.4, -0.2) is 58.1 Å². The number of nitrogens with two attached hydrogens (primary N) is 1. The number of hydrogen-bond donors (Lipinski definition) is 2. The quantitative estimate of drug-likeness (QED) is 0.100. The van der Waals surface area contributed by atoms with Gasteiger partial charge in [-0.1, -0.05) is 32.3 Å². The molecule has 0 saturated carbocycles. The minimum Gasteiger partial charge on any atom is -0.466 e. The number of imidazole rings is 1. The predicted molar refractivity (Wildman–Crippen MR) is 177 cm³/mol. The van der Waals surface area contributed by atoms with E-state index in [1.54, 1.807) is 37.4 Å². The zero-order valence-corrected chi connectivity index (χ0v) is 26.8. The number of amidine groups is 1. The molecule has 1 aliphatic rings. The normalized spacial score (nSPS) is 12.6. The number of carbonyl (C=O) groups is 3. The topological polar surface area (TPSA) is 154 Å². The molecule has 0 bridgehead atoms. The lowest BCUT2D eigenvalue weighted by Crippen LogP contribution is -2.35. The monoisotopic (exact) mass is 629 g/mol. The van der Waals surface area contributed by atoms with Crippen LogP contribution < -0.4 is 16.0 Å². The maximum absolute atomic E-state index is 13.7. The highest BCUT2D eigenvalue weighted by Crippen LogP contribution is 2.27. The van der Waals surface area contributed by atoms with Crippen molar-refractivity contribution in [3.05, 3.63) is 77.0 Å². The molecular weight excluding hydrogens is 586 g/mol. The van der Waals surface area contributed by atoms with Crippen molar-refractivity contribution >= 4 is 41.4 Å². The largest absolute Gasteiger partial charge is 0.466 e. The van der Waals surface area contributed by atoms with Crippen LogP contribution in [0, 0.1) is 0 Å². The maximum Gasteiger partial charge on any atom is 0.435 e. The number of rotatable bonds is 15. The summed E-state index contributed by atoms with van der Waals surface area (Å²) in [6, 6.07) is 12.6. The van der Waals surface area contributed by atoms with Gasteiger partial charge in [0.1, 0.15) is 17.5 Å². The van der Waals surface area contributed by atoms with Gasteiger partial charge in [0.15, 0.2) is 0 Å². The summed E-state index contributed by atoms with van der Waals surface area (Å²) in [7, 11) is 1.96. The first kappa shape index (κ1) is 33.9. The van der Waals surface area contributed by atoms with Crippen molar-refractivity contribution in [3.63, 3.8) is 0 Å². The number of aliphatic imine (C=N–C) groups is 1. The molecular formula is C34H43N7O5. The zero-order valence-electron chi connectivity index (χ0n) is 26.8. The fourth-order valence-electron chi connectivity index (χ4n) is 5.10. The van der Waals surface area contributed by atoms with Crippen LogP contribution in [0.4, 0.5) is 16.3 Å². The van der Waals surface area contributed by atoms with Crippen molar-refractivity contribution in [2.75, 3.05) is 30.0 Å². The highest BCUT2D eigenvalue weighted by Gasteiger charge is 2.26. The number of pyridine rings is 1. The summed E-state index contributed by atoms with van der Waals surface area (Å²) in [4.78, 5) is 52.2. The molecule has 3 aromatic rings. The summed E-state index contributed by atoms with van der Waals surface area (Å²) in [6.45, 7) is 5.11. The minimum atomic E-state index is -0.685. The molecule has 1 aromatic carbocycles. The highest BCUT2D eigenvalue weighted by molar-refractivity contribution is 6.08. The Hall–Kier alpha value is -5.00. The average Bonchev–Trinajstić information content (AvgIpc) is 3.38. The second-order valence-electron chi connectivity index (χ2n) is 10.9. The fraction of sp³-hybridized carbons (Fsp3) is 0.412. The smallest absolute Gasteiger partial charge is 0.435 e. The van der Waals surface area contributed by atoms with Crippen LogP contribution in [0.3, 0.4) is 0 Å². The van der Waals surface area contributed by atoms with Gasteiger partial charge in [0.05, 0.1) is 31.9 Å². The third kappa shape index (κ3) is 9.26. The van der Waals surface area contributed by atoms with Crippen LogP contribution in [0.15, 0.2) is 59.2 Å². The summed E-state index contributed by atoms with van der Waals surface area (Å²) in [5.74, 6) is 0.818. The number of benzene rings is 1. The molecule has 4 rings (SSSR count). The van der Waals surface area contributed by atoms with Crippen LogP contribution in [0.5, 0.6) is 0 Å². The Kier molecular flexibility index (Phi) is 12.4. The molecule has 12 heteroatoms. The molecule has 3 N–H and O–H groups in total. The Morgan fingerprint density at radius 2 is 1.85 bits per heavy atom. The summed E-state index contributed by atoms with van der Waals surface area (Å²) >= 11 is 0. The van der Waals surface area contributed by atoms with Gasteiger partial charge in [-0.05, 0) is 68.7 Å². The van der Waals surface area contributed by atoms with Crippen molar-refractivity contribution in [3.8, 4) is 0 Å². The molecule has 0 atom stereocenters. The Balaban J connectivity index is 1.38. The summed E-state index contributed by atoms with van der Waals surface area (Å²) in [5, 5.41) is 3.37. The SMILES string of the molecule is CCCCCCOC(=O)N=C(N)c1ccc(NCc2nc3c(n2C)CCC(C(=O)N(CCC(=O)OCC)c2ccccn2)=C3)cc1. The van der Waals surface area contributed by atoms with Gasteiger partial charge in [0, 0.05) is 42.3 Å². The molecule has 0 aliphatic heterocycles. The number of amides is 2. The van der Waals surface area contributed by atoms with Gasteiger partial charge in [0.2, 0.25) is 0 Å². The molecule has 46 heavy (non-hydrogen) atoms. The van der Waals surface area contributed by atoms with E-state index in [4.69, 9.17) is 20.2 Å². The van der Waals surface area contributed by atoms with E-state index < -0.39 is 6.09 Å². The first-order chi connectivity index (χ1) is 22.3. The van der Waals surface area contributed by atoms with E-state index >= 15 is 0 Å². The number of carbonyl (C=O) groups excluding carboxylic acids is 3. The first-order valence-electron chi connectivity index (χ1n) is 15.8. The molecule has 0 fully saturated rings. The van der Waals surface area contributed by atoms with E-state index in [9.17, 15) is 14.4 Å². The van der Waals surface area contributed by atoms with Crippen molar-refractivity contribution in [1.29, 1.82) is 0 Å². The minimum absolute atomic E-state index is 0.0696.